The van der Waals surface area contributed by atoms with E-state index in [0.717, 1.165) is 60.8 Å². The van der Waals surface area contributed by atoms with Gasteiger partial charge in [0.05, 0.1) is 11.9 Å². The Labute approximate surface area is 263 Å². The molecule has 1 N–H and O–H groups in total. The smallest absolute Gasteiger partial charge is 0.244 e. The van der Waals surface area contributed by atoms with Crippen molar-refractivity contribution in [3.05, 3.63) is 65.2 Å². The third-order valence-electron chi connectivity index (χ3n) is 11.0. The summed E-state index contributed by atoms with van der Waals surface area (Å²) in [6, 6.07) is 15.2. The molecule has 0 radical (unpaired) electrons. The standard InChI is InChI=1S/C36H49N3O4S/c1-25-8-7-9-27(16-25)23-38(26(2)35(41)37-32-10-5-4-6-11-32)34(40)24-39(44(3,42)43)33-14-12-31(13-15-33)36-20-28-17-29(21-36)19-30(18-28)22-36/h7-9,12-16,26,28-30,32H,4-6,10-11,17-24H2,1-3H3,(H,37,41). The number of benzene rings is 2. The molecule has 5 aliphatic rings. The second-order valence-electron chi connectivity index (χ2n) is 14.5. The summed E-state index contributed by atoms with van der Waals surface area (Å²) in [5, 5.41) is 3.16. The molecule has 44 heavy (non-hydrogen) atoms. The van der Waals surface area contributed by atoms with Crippen LogP contribution in [0, 0.1) is 24.7 Å². The molecule has 5 aliphatic carbocycles. The third-order valence-corrected chi connectivity index (χ3v) is 12.2. The predicted molar refractivity (Wildman–Crippen MR) is 175 cm³/mol. The van der Waals surface area contributed by atoms with E-state index in [4.69, 9.17) is 0 Å². The average molecular weight is 620 g/mol. The molecule has 0 aliphatic heterocycles. The van der Waals surface area contributed by atoms with Crippen molar-refractivity contribution in [2.24, 2.45) is 17.8 Å². The number of rotatable bonds is 10. The fourth-order valence-corrected chi connectivity index (χ4v) is 10.1. The van der Waals surface area contributed by atoms with E-state index < -0.39 is 22.0 Å². The number of amides is 2. The number of sulfonamides is 1. The molecule has 2 amide bonds. The highest BCUT2D eigenvalue weighted by Crippen LogP contribution is 2.60. The fourth-order valence-electron chi connectivity index (χ4n) is 9.22. The van der Waals surface area contributed by atoms with Crippen LogP contribution in [0.25, 0.3) is 0 Å². The van der Waals surface area contributed by atoms with Crippen LogP contribution >= 0.6 is 0 Å². The van der Waals surface area contributed by atoms with Crippen LogP contribution in [-0.4, -0.2) is 50.0 Å². The number of anilines is 1. The summed E-state index contributed by atoms with van der Waals surface area (Å²) in [5.41, 5.74) is 3.98. The predicted octanol–water partition coefficient (Wildman–Crippen LogP) is 6.10. The lowest BCUT2D eigenvalue weighted by Gasteiger charge is -2.57. The van der Waals surface area contributed by atoms with Crippen molar-refractivity contribution >= 4 is 27.5 Å². The van der Waals surface area contributed by atoms with Crippen LogP contribution in [0.5, 0.6) is 0 Å². The number of nitrogens with zero attached hydrogens (tertiary/aromatic N) is 2. The minimum Gasteiger partial charge on any atom is -0.352 e. The summed E-state index contributed by atoms with van der Waals surface area (Å²) in [5.74, 6) is 1.88. The Kier molecular flexibility index (Phi) is 8.84. The molecule has 2 aromatic carbocycles. The van der Waals surface area contributed by atoms with Gasteiger partial charge in [-0.15, -0.1) is 0 Å². The van der Waals surface area contributed by atoms with Gasteiger partial charge in [-0.1, -0.05) is 61.2 Å². The molecule has 5 saturated carbocycles. The Morgan fingerprint density at radius 2 is 1.55 bits per heavy atom. The highest BCUT2D eigenvalue weighted by molar-refractivity contribution is 7.92. The van der Waals surface area contributed by atoms with Gasteiger partial charge in [0, 0.05) is 12.6 Å². The lowest BCUT2D eigenvalue weighted by Crippen LogP contribution is -2.53. The van der Waals surface area contributed by atoms with E-state index in [0.29, 0.717) is 5.69 Å². The first-order chi connectivity index (χ1) is 21.0. The molecule has 0 aromatic heterocycles. The number of hydrogen-bond donors (Lipinski definition) is 1. The first-order valence-corrected chi connectivity index (χ1v) is 18.6. The van der Waals surface area contributed by atoms with Crippen molar-refractivity contribution in [2.75, 3.05) is 17.1 Å². The van der Waals surface area contributed by atoms with Gasteiger partial charge in [-0.05, 0) is 112 Å². The Balaban J connectivity index is 1.22. The van der Waals surface area contributed by atoms with Gasteiger partial charge in [0.25, 0.3) is 0 Å². The fraction of sp³-hybridized carbons (Fsp3) is 0.611. The van der Waals surface area contributed by atoms with Crippen molar-refractivity contribution in [2.45, 2.75) is 109 Å². The van der Waals surface area contributed by atoms with Crippen LogP contribution < -0.4 is 9.62 Å². The Hall–Kier alpha value is -2.87. The molecule has 1 atom stereocenters. The second-order valence-corrected chi connectivity index (χ2v) is 16.5. The molecular weight excluding hydrogens is 570 g/mol. The Morgan fingerprint density at radius 1 is 0.932 bits per heavy atom. The Bertz CT molecular complexity index is 1430. The average Bonchev–Trinajstić information content (AvgIpc) is 2.97. The van der Waals surface area contributed by atoms with Crippen molar-refractivity contribution in [3.8, 4) is 0 Å². The van der Waals surface area contributed by atoms with Crippen LogP contribution in [0.15, 0.2) is 48.5 Å². The summed E-state index contributed by atoms with van der Waals surface area (Å²) in [4.78, 5) is 29.0. The molecule has 5 fully saturated rings. The van der Waals surface area contributed by atoms with Crippen LogP contribution in [0.1, 0.15) is 94.2 Å². The number of aryl methyl sites for hydroxylation is 1. The largest absolute Gasteiger partial charge is 0.352 e. The Morgan fingerprint density at radius 3 is 2.11 bits per heavy atom. The van der Waals surface area contributed by atoms with Crippen LogP contribution in [0.3, 0.4) is 0 Å². The lowest BCUT2D eigenvalue weighted by atomic mass is 9.48. The first kappa shape index (κ1) is 31.1. The summed E-state index contributed by atoms with van der Waals surface area (Å²) in [7, 11) is -3.77. The van der Waals surface area contributed by atoms with Crippen LogP contribution in [0.2, 0.25) is 0 Å². The molecule has 0 heterocycles. The van der Waals surface area contributed by atoms with E-state index in [-0.39, 0.29) is 30.5 Å². The maximum Gasteiger partial charge on any atom is 0.244 e. The minimum atomic E-state index is -3.77. The topological polar surface area (TPSA) is 86.8 Å². The van der Waals surface area contributed by atoms with E-state index in [1.54, 1.807) is 6.92 Å². The second kappa shape index (κ2) is 12.5. The number of nitrogens with one attached hydrogen (secondary N) is 1. The van der Waals surface area contributed by atoms with Gasteiger partial charge in [0.15, 0.2) is 0 Å². The maximum atomic E-state index is 14.0. The van der Waals surface area contributed by atoms with Gasteiger partial charge in [-0.3, -0.25) is 13.9 Å². The zero-order valence-corrected chi connectivity index (χ0v) is 27.5. The van der Waals surface area contributed by atoms with Gasteiger partial charge >= 0.3 is 0 Å². The number of carbonyl (C=O) groups is 2. The number of carbonyl (C=O) groups excluding carboxylic acids is 2. The molecule has 7 nitrogen and oxygen atoms in total. The van der Waals surface area contributed by atoms with Gasteiger partial charge < -0.3 is 10.2 Å². The van der Waals surface area contributed by atoms with Crippen molar-refractivity contribution < 1.29 is 18.0 Å². The molecule has 7 rings (SSSR count). The SMILES string of the molecule is Cc1cccc(CN(C(=O)CN(c2ccc(C34CC5CC(CC(C5)C3)C4)cc2)S(C)(=O)=O)C(C)C(=O)NC2CCCCC2)c1. The summed E-state index contributed by atoms with van der Waals surface area (Å²) >= 11 is 0. The minimum absolute atomic E-state index is 0.120. The third kappa shape index (κ3) is 6.70. The van der Waals surface area contributed by atoms with Gasteiger partial charge in [0.2, 0.25) is 21.8 Å². The molecule has 1 unspecified atom stereocenters. The van der Waals surface area contributed by atoms with Gasteiger partial charge in [-0.25, -0.2) is 8.42 Å². The highest BCUT2D eigenvalue weighted by atomic mass is 32.2. The first-order valence-electron chi connectivity index (χ1n) is 16.7. The van der Waals surface area contributed by atoms with Crippen LogP contribution in [-0.2, 0) is 31.6 Å². The lowest BCUT2D eigenvalue weighted by molar-refractivity contribution is -0.139. The van der Waals surface area contributed by atoms with E-state index in [1.165, 1.54) is 59.7 Å². The van der Waals surface area contributed by atoms with E-state index in [9.17, 15) is 18.0 Å². The maximum absolute atomic E-state index is 14.0. The van der Waals surface area contributed by atoms with E-state index in [2.05, 4.69) is 17.4 Å². The number of hydrogen-bond acceptors (Lipinski definition) is 4. The van der Waals surface area contributed by atoms with E-state index >= 15 is 0 Å². The molecule has 238 valence electrons. The molecule has 2 aromatic rings. The summed E-state index contributed by atoms with van der Waals surface area (Å²) in [6.07, 6.45) is 14.3. The zero-order valence-electron chi connectivity index (χ0n) is 26.6. The van der Waals surface area contributed by atoms with Gasteiger partial charge in [-0.2, -0.15) is 0 Å². The summed E-state index contributed by atoms with van der Waals surface area (Å²) < 4.78 is 27.5. The van der Waals surface area contributed by atoms with Crippen molar-refractivity contribution in [1.29, 1.82) is 0 Å². The summed E-state index contributed by atoms with van der Waals surface area (Å²) in [6.45, 7) is 3.61. The van der Waals surface area contributed by atoms with Crippen LogP contribution in [0.4, 0.5) is 5.69 Å². The highest BCUT2D eigenvalue weighted by Gasteiger charge is 2.51. The molecule has 4 bridgehead atoms. The zero-order chi connectivity index (χ0) is 31.1. The van der Waals surface area contributed by atoms with Crippen molar-refractivity contribution in [3.63, 3.8) is 0 Å². The monoisotopic (exact) mass is 619 g/mol. The normalized spacial score (nSPS) is 27.1. The molecule has 0 spiro atoms. The molecule has 8 heteroatoms. The van der Waals surface area contributed by atoms with E-state index in [1.807, 2.05) is 43.3 Å². The molecular formula is C36H49N3O4S. The van der Waals surface area contributed by atoms with Crippen molar-refractivity contribution in [1.82, 2.24) is 10.2 Å². The van der Waals surface area contributed by atoms with Gasteiger partial charge in [0.1, 0.15) is 12.6 Å². The molecule has 0 saturated heterocycles. The quantitative estimate of drug-likeness (QED) is 0.349.